The van der Waals surface area contributed by atoms with Gasteiger partial charge in [-0.05, 0) is 37.1 Å². The lowest BCUT2D eigenvalue weighted by atomic mass is 10.1. The lowest BCUT2D eigenvalue weighted by Gasteiger charge is -2.30. The summed E-state index contributed by atoms with van der Waals surface area (Å²) in [7, 11) is 0. The van der Waals surface area contributed by atoms with Crippen molar-refractivity contribution in [2.45, 2.75) is 18.9 Å². The molecule has 0 atom stereocenters. The minimum atomic E-state index is -0.852. The second kappa shape index (κ2) is 6.55. The van der Waals surface area contributed by atoms with E-state index in [9.17, 15) is 4.79 Å². The number of piperidine rings is 1. The number of amides is 1. The molecular weight excluding hydrogens is 332 g/mol. The Morgan fingerprint density at radius 3 is 2.58 bits per heavy atom. The Morgan fingerprint density at radius 1 is 1.15 bits per heavy atom. The largest absolute Gasteiger partial charge is 0.465 e. The predicted molar refractivity (Wildman–Crippen MR) is 99.1 cm³/mol. The third kappa shape index (κ3) is 3.13. The first kappa shape index (κ1) is 16.2. The Balaban J connectivity index is 1.55. The highest BCUT2D eigenvalue weighted by Crippen LogP contribution is 2.22. The van der Waals surface area contributed by atoms with Crippen LogP contribution >= 0.6 is 0 Å². The average Bonchev–Trinajstić information content (AvgIpc) is 3.06. The summed E-state index contributed by atoms with van der Waals surface area (Å²) >= 11 is 0. The molecule has 0 radical (unpaired) electrons. The first-order valence-corrected chi connectivity index (χ1v) is 8.55. The molecule has 4 rings (SSSR count). The van der Waals surface area contributed by atoms with Crippen LogP contribution in [0.5, 0.6) is 0 Å². The van der Waals surface area contributed by atoms with Gasteiger partial charge in [-0.25, -0.2) is 14.3 Å². The Morgan fingerprint density at radius 2 is 1.88 bits per heavy atom. The fourth-order valence-electron chi connectivity index (χ4n) is 3.23. The Kier molecular flexibility index (Phi) is 4.08. The molecule has 0 spiro atoms. The minimum Gasteiger partial charge on any atom is -0.465 e. The molecule has 4 N–H and O–H groups in total. The Bertz CT molecular complexity index is 929. The molecule has 1 amide bonds. The number of nitrogens with one attached hydrogen (secondary N) is 1. The van der Waals surface area contributed by atoms with Crippen molar-refractivity contribution < 1.29 is 9.90 Å². The number of hydrogen-bond acceptors (Lipinski definition) is 5. The fraction of sp³-hybridized carbons (Fsp3) is 0.278. The van der Waals surface area contributed by atoms with Gasteiger partial charge in [0.05, 0.1) is 11.9 Å². The molecule has 0 bridgehead atoms. The molecule has 8 heteroatoms. The van der Waals surface area contributed by atoms with E-state index in [1.807, 2.05) is 36.4 Å². The highest BCUT2D eigenvalue weighted by Gasteiger charge is 2.22. The lowest BCUT2D eigenvalue weighted by molar-refractivity contribution is 0.133. The summed E-state index contributed by atoms with van der Waals surface area (Å²) in [5.74, 6) is 0.751. The number of nitrogens with zero attached hydrogens (tertiary/aromatic N) is 4. The number of anilines is 2. The summed E-state index contributed by atoms with van der Waals surface area (Å²) in [5, 5.41) is 17.1. The Hall–Kier alpha value is -3.29. The normalized spacial score (nSPS) is 15.3. The predicted octanol–water partition coefficient (Wildman–Crippen LogP) is 2.53. The lowest BCUT2D eigenvalue weighted by Crippen LogP contribution is -2.41. The SMILES string of the molecule is Nc1ccc(-c2cnc3ccc(NC4CCN(C(=O)O)CC4)nn23)cc1. The molecule has 1 aliphatic heterocycles. The second-order valence-corrected chi connectivity index (χ2v) is 6.44. The van der Waals surface area contributed by atoms with Gasteiger partial charge < -0.3 is 21.1 Å². The third-order valence-corrected chi connectivity index (χ3v) is 4.69. The Labute approximate surface area is 150 Å². The number of benzene rings is 1. The summed E-state index contributed by atoms with van der Waals surface area (Å²) in [6.45, 7) is 1.08. The monoisotopic (exact) mass is 352 g/mol. The molecule has 8 nitrogen and oxygen atoms in total. The standard InChI is InChI=1S/C18H20N6O2/c19-13-3-1-12(2-4-13)15-11-20-17-6-5-16(22-24(15)17)21-14-7-9-23(10-8-14)18(25)26/h1-6,11,14H,7-10,19H2,(H,21,22)(H,25,26). The molecule has 26 heavy (non-hydrogen) atoms. The van der Waals surface area contributed by atoms with Gasteiger partial charge in [0.25, 0.3) is 0 Å². The van der Waals surface area contributed by atoms with Crippen molar-refractivity contribution in [2.75, 3.05) is 24.1 Å². The molecule has 0 saturated carbocycles. The quantitative estimate of drug-likeness (QED) is 0.625. The molecule has 0 aliphatic carbocycles. The second-order valence-electron chi connectivity index (χ2n) is 6.44. The van der Waals surface area contributed by atoms with Crippen LogP contribution in [-0.4, -0.2) is 49.8 Å². The van der Waals surface area contributed by atoms with E-state index >= 15 is 0 Å². The highest BCUT2D eigenvalue weighted by molar-refractivity contribution is 5.66. The third-order valence-electron chi connectivity index (χ3n) is 4.69. The van der Waals surface area contributed by atoms with Crippen LogP contribution in [0, 0.1) is 0 Å². The number of imidazole rings is 1. The van der Waals surface area contributed by atoms with Crippen LogP contribution in [0.15, 0.2) is 42.6 Å². The van der Waals surface area contributed by atoms with Gasteiger partial charge in [-0.15, -0.1) is 5.10 Å². The van der Waals surface area contributed by atoms with E-state index in [1.165, 1.54) is 4.90 Å². The van der Waals surface area contributed by atoms with Crippen molar-refractivity contribution in [3.05, 3.63) is 42.6 Å². The minimum absolute atomic E-state index is 0.207. The van der Waals surface area contributed by atoms with E-state index in [1.54, 1.807) is 10.7 Å². The summed E-state index contributed by atoms with van der Waals surface area (Å²) in [5.41, 5.74) is 9.13. The molecule has 134 valence electrons. The number of nitrogens with two attached hydrogens (primary N) is 1. The fourth-order valence-corrected chi connectivity index (χ4v) is 3.23. The molecule has 0 unspecified atom stereocenters. The van der Waals surface area contributed by atoms with Crippen LogP contribution in [0.3, 0.4) is 0 Å². The zero-order valence-electron chi connectivity index (χ0n) is 14.2. The number of aromatic nitrogens is 3. The van der Waals surface area contributed by atoms with Crippen LogP contribution in [0.1, 0.15) is 12.8 Å². The number of carbonyl (C=O) groups is 1. The molecule has 1 fully saturated rings. The first-order valence-electron chi connectivity index (χ1n) is 8.55. The van der Waals surface area contributed by atoms with Crippen LogP contribution in [0.2, 0.25) is 0 Å². The van der Waals surface area contributed by atoms with Gasteiger partial charge in [0.1, 0.15) is 5.82 Å². The summed E-state index contributed by atoms with van der Waals surface area (Å²) < 4.78 is 1.81. The molecule has 1 aromatic carbocycles. The summed E-state index contributed by atoms with van der Waals surface area (Å²) in [6, 6.07) is 11.6. The zero-order chi connectivity index (χ0) is 18.1. The maximum atomic E-state index is 11.0. The van der Waals surface area contributed by atoms with E-state index in [0.29, 0.717) is 18.8 Å². The summed E-state index contributed by atoms with van der Waals surface area (Å²) in [6.07, 6.45) is 2.47. The van der Waals surface area contributed by atoms with Gasteiger partial charge >= 0.3 is 6.09 Å². The number of hydrogen-bond donors (Lipinski definition) is 3. The number of carboxylic acid groups (broad SMARTS) is 1. The van der Waals surface area contributed by atoms with Gasteiger partial charge in [-0.2, -0.15) is 0 Å². The molecule has 3 heterocycles. The van der Waals surface area contributed by atoms with Crippen molar-refractivity contribution in [2.24, 2.45) is 0 Å². The first-order chi connectivity index (χ1) is 12.6. The smallest absolute Gasteiger partial charge is 0.407 e. The van der Waals surface area contributed by atoms with Gasteiger partial charge in [0.15, 0.2) is 5.65 Å². The number of rotatable bonds is 3. The molecule has 2 aromatic heterocycles. The van der Waals surface area contributed by atoms with Crippen LogP contribution in [0.25, 0.3) is 16.9 Å². The topological polar surface area (TPSA) is 109 Å². The zero-order valence-corrected chi connectivity index (χ0v) is 14.2. The average molecular weight is 352 g/mol. The molecule has 3 aromatic rings. The van der Waals surface area contributed by atoms with E-state index in [0.717, 1.165) is 35.6 Å². The van der Waals surface area contributed by atoms with Crippen LogP contribution < -0.4 is 11.1 Å². The van der Waals surface area contributed by atoms with E-state index in [-0.39, 0.29) is 6.04 Å². The van der Waals surface area contributed by atoms with E-state index in [2.05, 4.69) is 15.4 Å². The van der Waals surface area contributed by atoms with Gasteiger partial charge in [-0.3, -0.25) is 0 Å². The molecule has 1 saturated heterocycles. The number of fused-ring (bicyclic) bond motifs is 1. The number of nitrogen functional groups attached to an aromatic ring is 1. The van der Waals surface area contributed by atoms with Gasteiger partial charge in [-0.1, -0.05) is 12.1 Å². The molecular formula is C18H20N6O2. The van der Waals surface area contributed by atoms with Gasteiger partial charge in [0.2, 0.25) is 0 Å². The maximum Gasteiger partial charge on any atom is 0.407 e. The van der Waals surface area contributed by atoms with Crippen molar-refractivity contribution in [3.63, 3.8) is 0 Å². The van der Waals surface area contributed by atoms with Crippen LogP contribution in [0.4, 0.5) is 16.3 Å². The summed E-state index contributed by atoms with van der Waals surface area (Å²) in [4.78, 5) is 16.9. The van der Waals surface area contributed by atoms with E-state index < -0.39 is 6.09 Å². The maximum absolute atomic E-state index is 11.0. The number of likely N-dealkylation sites (tertiary alicyclic amines) is 1. The van der Waals surface area contributed by atoms with Crippen LogP contribution in [-0.2, 0) is 0 Å². The van der Waals surface area contributed by atoms with Crippen molar-refractivity contribution in [1.29, 1.82) is 0 Å². The van der Waals surface area contributed by atoms with Crippen molar-refractivity contribution in [3.8, 4) is 11.3 Å². The van der Waals surface area contributed by atoms with Gasteiger partial charge in [0, 0.05) is 30.4 Å². The van der Waals surface area contributed by atoms with Crippen molar-refractivity contribution >= 4 is 23.2 Å². The molecule has 1 aliphatic rings. The highest BCUT2D eigenvalue weighted by atomic mass is 16.4. The van der Waals surface area contributed by atoms with E-state index in [4.69, 9.17) is 10.8 Å². The van der Waals surface area contributed by atoms with Crippen molar-refractivity contribution in [1.82, 2.24) is 19.5 Å².